The number of ether oxygens (including phenoxy) is 9. The molecule has 21 heteroatoms. The topological polar surface area (TPSA) is 254 Å². The molecule has 0 aromatic carbocycles. The number of carboxylic acids is 1. The van der Waals surface area contributed by atoms with Crippen molar-refractivity contribution in [2.75, 3.05) is 48.0 Å². The molecule has 4 aliphatic heterocycles. The van der Waals surface area contributed by atoms with E-state index < -0.39 is 119 Å². The van der Waals surface area contributed by atoms with Gasteiger partial charge >= 0.3 is 18.0 Å². The Labute approximate surface area is 454 Å². The minimum atomic E-state index is -1.39. The third kappa shape index (κ3) is 13.5. The monoisotopic (exact) mass is 1090 g/mol. The van der Waals surface area contributed by atoms with Gasteiger partial charge in [0.2, 0.25) is 5.43 Å². The standard InChI is InChI=1S/C56H89N5O16/c1-16-40-56(11)46(59-53(68)77-56)32(5)42(62)30(3)26-54(9,69-14)47(76-52-44(64)39(60(12)13)24-31(4)72-52)33(6)45(34(7)51(67)74-40)75-41-27-55(10,70-15)48(35(8)73-41)71-23-19-22-57-21-18-20-36-25-37-43(63)38(50(65)66)29-61(17-2)49(37)58-28-36/h25,28-35,39-41,44-48,52,57,64H,16-24,26-27H2,1-15H3,(H,59,68)(H,65,66)/t30-,31-,32+,33+,34-,35+,39+,40-,41+,44-,45+,46-,47-,48+,52+,54-,55-,56-/m1/s1. The molecular formula is C56H89N5O16. The number of aliphatic hydroxyl groups excluding tert-OH is 1. The number of esters is 1. The molecule has 2 aromatic rings. The zero-order valence-electron chi connectivity index (χ0n) is 48.1. The number of ketones is 1. The van der Waals surface area contributed by atoms with Crippen LogP contribution in [0, 0.1) is 23.7 Å². The van der Waals surface area contributed by atoms with Crippen molar-refractivity contribution in [3.8, 4) is 0 Å². The zero-order valence-corrected chi connectivity index (χ0v) is 48.1. The van der Waals surface area contributed by atoms with Gasteiger partial charge in [0, 0.05) is 70.0 Å². The lowest BCUT2D eigenvalue weighted by atomic mass is 9.73. The molecule has 2 aromatic heterocycles. The molecule has 4 saturated heterocycles. The number of aromatic carboxylic acids is 1. The van der Waals surface area contributed by atoms with Crippen LogP contribution in [0.25, 0.3) is 11.0 Å². The average Bonchev–Trinajstić information content (AvgIpc) is 3.74. The van der Waals surface area contributed by atoms with Gasteiger partial charge in [-0.3, -0.25) is 14.4 Å². The van der Waals surface area contributed by atoms with Crippen LogP contribution in [0.5, 0.6) is 0 Å². The van der Waals surface area contributed by atoms with Crippen LogP contribution in [0.4, 0.5) is 4.79 Å². The van der Waals surface area contributed by atoms with Gasteiger partial charge in [-0.1, -0.05) is 27.7 Å². The number of aliphatic hydroxyl groups is 1. The molecule has 0 bridgehead atoms. The van der Waals surface area contributed by atoms with Gasteiger partial charge in [0.15, 0.2) is 18.2 Å². The number of amides is 1. The molecule has 4 aliphatic rings. The van der Waals surface area contributed by atoms with Crippen molar-refractivity contribution >= 4 is 34.8 Å². The molecule has 6 heterocycles. The fourth-order valence-electron chi connectivity index (χ4n) is 12.4. The second kappa shape index (κ2) is 26.0. The van der Waals surface area contributed by atoms with Gasteiger partial charge in [-0.15, -0.1) is 0 Å². The summed E-state index contributed by atoms with van der Waals surface area (Å²) in [6.45, 7) is 22.4. The van der Waals surface area contributed by atoms with Gasteiger partial charge < -0.3 is 72.9 Å². The maximum atomic E-state index is 14.8. The predicted molar refractivity (Wildman–Crippen MR) is 284 cm³/mol. The molecule has 1 amide bonds. The number of methoxy groups -OCH3 is 2. The number of pyridine rings is 2. The van der Waals surface area contributed by atoms with E-state index in [1.54, 1.807) is 51.8 Å². The Balaban J connectivity index is 1.19. The number of nitrogens with zero attached hydrogens (tertiary/aromatic N) is 3. The van der Waals surface area contributed by atoms with Gasteiger partial charge in [0.1, 0.15) is 35.3 Å². The molecule has 0 aliphatic carbocycles. The number of alkyl carbamates (subject to hydrolysis) is 1. The molecule has 434 valence electrons. The lowest BCUT2D eigenvalue weighted by molar-refractivity contribution is -0.322. The summed E-state index contributed by atoms with van der Waals surface area (Å²) in [5.74, 6) is -5.17. The van der Waals surface area contributed by atoms with Crippen molar-refractivity contribution in [1.82, 2.24) is 25.1 Å². The smallest absolute Gasteiger partial charge is 0.408 e. The number of aryl methyl sites for hydroxylation is 2. The fourth-order valence-corrected chi connectivity index (χ4v) is 12.4. The van der Waals surface area contributed by atoms with E-state index in [9.17, 15) is 34.2 Å². The number of aromatic nitrogens is 2. The minimum Gasteiger partial charge on any atom is -0.477 e. The van der Waals surface area contributed by atoms with E-state index in [-0.39, 0.29) is 42.8 Å². The first-order valence-electron chi connectivity index (χ1n) is 27.7. The van der Waals surface area contributed by atoms with Crippen LogP contribution in [0.2, 0.25) is 0 Å². The van der Waals surface area contributed by atoms with Crippen LogP contribution >= 0.6 is 0 Å². The number of carbonyl (C=O) groups is 4. The first-order valence-corrected chi connectivity index (χ1v) is 27.7. The SMILES string of the molecule is CC[C@H]1OC(=O)[C@H](C)[C@@H](O[C@H]2C[C@@](C)(OC)[C@@H](OCCCNCCCc3cnc4c(c3)c(=O)c(C(=O)O)cn4CC)[C@H](C)O2)[C@H](C)[C@@H](O[C@@H]2O[C@H](C)C[C@H](N(C)C)[C@H]2O)[C@](C)(OC)C[C@@H](C)C(=O)[C@H](C)[C@H]2NC(=O)O[C@@]21C. The van der Waals surface area contributed by atoms with E-state index in [0.717, 1.165) is 12.0 Å². The van der Waals surface area contributed by atoms with Crippen molar-refractivity contribution in [3.05, 3.63) is 39.8 Å². The number of likely N-dealkylation sites (N-methyl/N-ethyl adjacent to an activating group) is 1. The van der Waals surface area contributed by atoms with E-state index in [1.807, 2.05) is 74.4 Å². The first kappa shape index (κ1) is 62.0. The Morgan fingerprint density at radius 3 is 2.25 bits per heavy atom. The summed E-state index contributed by atoms with van der Waals surface area (Å²) >= 11 is 0. The third-order valence-electron chi connectivity index (χ3n) is 17.0. The van der Waals surface area contributed by atoms with Gasteiger partial charge in [-0.2, -0.15) is 0 Å². The van der Waals surface area contributed by atoms with Crippen LogP contribution in [0.1, 0.15) is 131 Å². The van der Waals surface area contributed by atoms with Crippen LogP contribution in [-0.4, -0.2) is 181 Å². The maximum Gasteiger partial charge on any atom is 0.408 e. The third-order valence-corrected chi connectivity index (χ3v) is 17.0. The number of carboxylic acid groups (broad SMARTS) is 1. The normalized spacial score (nSPS) is 37.5. The zero-order chi connectivity index (χ0) is 56.9. The van der Waals surface area contributed by atoms with Crippen LogP contribution < -0.4 is 16.1 Å². The summed E-state index contributed by atoms with van der Waals surface area (Å²) in [5, 5.41) is 28.0. The number of hydrogen-bond acceptors (Lipinski definition) is 18. The molecule has 4 fully saturated rings. The highest BCUT2D eigenvalue weighted by molar-refractivity contribution is 5.91. The quantitative estimate of drug-likeness (QED) is 0.103. The van der Waals surface area contributed by atoms with Gasteiger partial charge in [0.25, 0.3) is 0 Å². The Hall–Kier alpha value is -4.16. The summed E-state index contributed by atoms with van der Waals surface area (Å²) in [6.07, 6.45) is -1.77. The number of cyclic esters (lactones) is 1. The molecule has 6 rings (SSSR count). The van der Waals surface area contributed by atoms with E-state index >= 15 is 0 Å². The Bertz CT molecular complexity index is 2420. The number of hydrogen-bond donors (Lipinski definition) is 4. The molecule has 4 N–H and O–H groups in total. The Morgan fingerprint density at radius 2 is 1.61 bits per heavy atom. The van der Waals surface area contributed by atoms with E-state index in [2.05, 4.69) is 15.6 Å². The van der Waals surface area contributed by atoms with Gasteiger partial charge in [0.05, 0.1) is 53.0 Å². The molecule has 0 spiro atoms. The summed E-state index contributed by atoms with van der Waals surface area (Å²) in [6, 6.07) is 0.610. The number of carbonyl (C=O) groups excluding carboxylic acids is 3. The highest BCUT2D eigenvalue weighted by Gasteiger charge is 2.58. The second-order valence-electron chi connectivity index (χ2n) is 22.9. The Morgan fingerprint density at radius 1 is 0.935 bits per heavy atom. The lowest BCUT2D eigenvalue weighted by Gasteiger charge is -2.50. The highest BCUT2D eigenvalue weighted by atomic mass is 16.7. The summed E-state index contributed by atoms with van der Waals surface area (Å²) in [7, 11) is 6.95. The molecule has 0 unspecified atom stereocenters. The number of rotatable bonds is 19. The Kier molecular flexibility index (Phi) is 20.9. The summed E-state index contributed by atoms with van der Waals surface area (Å²) in [5.41, 5.74) is -3.08. The number of fused-ring (bicyclic) bond motifs is 2. The van der Waals surface area contributed by atoms with Crippen molar-refractivity contribution in [1.29, 1.82) is 0 Å². The van der Waals surface area contributed by atoms with E-state index in [0.29, 0.717) is 56.5 Å². The van der Waals surface area contributed by atoms with Crippen LogP contribution in [0.15, 0.2) is 23.3 Å². The average molecular weight is 1090 g/mol. The highest BCUT2D eigenvalue weighted by Crippen LogP contribution is 2.43. The predicted octanol–water partition coefficient (Wildman–Crippen LogP) is 5.26. The van der Waals surface area contributed by atoms with Gasteiger partial charge in [-0.05, 0) is 126 Å². The molecular weight excluding hydrogens is 999 g/mol. The maximum absolute atomic E-state index is 14.8. The number of Topliss-reactive ketones (excluding diaryl/α,β-unsaturated/α-hetero) is 1. The van der Waals surface area contributed by atoms with E-state index in [4.69, 9.17) is 42.6 Å². The second-order valence-corrected chi connectivity index (χ2v) is 22.9. The summed E-state index contributed by atoms with van der Waals surface area (Å²) in [4.78, 5) is 73.5. The van der Waals surface area contributed by atoms with Crippen molar-refractivity contribution < 1.29 is 72.0 Å². The molecule has 77 heavy (non-hydrogen) atoms. The molecule has 0 saturated carbocycles. The molecule has 21 nitrogen and oxygen atoms in total. The minimum absolute atomic E-state index is 0.149. The largest absolute Gasteiger partial charge is 0.477 e. The van der Waals surface area contributed by atoms with Crippen molar-refractivity contribution in [2.24, 2.45) is 23.7 Å². The summed E-state index contributed by atoms with van der Waals surface area (Å²) < 4.78 is 60.2. The van der Waals surface area contributed by atoms with E-state index in [1.165, 1.54) is 6.20 Å². The molecule has 18 atom stereocenters. The van der Waals surface area contributed by atoms with Crippen molar-refractivity contribution in [2.45, 2.75) is 212 Å². The van der Waals surface area contributed by atoms with Crippen molar-refractivity contribution in [3.63, 3.8) is 0 Å². The van der Waals surface area contributed by atoms with Gasteiger partial charge in [-0.25, -0.2) is 14.6 Å². The lowest BCUT2D eigenvalue weighted by Crippen LogP contribution is -2.61. The van der Waals surface area contributed by atoms with Crippen LogP contribution in [-0.2, 0) is 65.2 Å². The first-order chi connectivity index (χ1) is 36.3. The van der Waals surface area contributed by atoms with Crippen LogP contribution in [0.3, 0.4) is 0 Å². The number of nitrogens with one attached hydrogen (secondary N) is 2. The fraction of sp³-hybridized carbons (Fsp3) is 0.786. The molecule has 0 radical (unpaired) electrons.